The summed E-state index contributed by atoms with van der Waals surface area (Å²) in [5.74, 6) is 0.637. The van der Waals surface area contributed by atoms with Crippen molar-refractivity contribution in [2.45, 2.75) is 20.0 Å². The molecule has 0 aliphatic heterocycles. The van der Waals surface area contributed by atoms with E-state index >= 15 is 0 Å². The van der Waals surface area contributed by atoms with Crippen LogP contribution in [0.2, 0.25) is 0 Å². The van der Waals surface area contributed by atoms with Crippen molar-refractivity contribution in [1.29, 1.82) is 0 Å². The highest BCUT2D eigenvalue weighted by Crippen LogP contribution is 2.34. The average Bonchev–Trinajstić information content (AvgIpc) is 2.66. The summed E-state index contributed by atoms with van der Waals surface area (Å²) in [5, 5.41) is 2.18. The maximum absolute atomic E-state index is 12.3. The van der Waals surface area contributed by atoms with Crippen LogP contribution in [0.25, 0.3) is 21.9 Å². The number of nitrogen functional groups attached to an aromatic ring is 1. The number of hydrogen-bond donors (Lipinski definition) is 1. The van der Waals surface area contributed by atoms with Crippen LogP contribution >= 0.6 is 0 Å². The number of nitrogens with two attached hydrogens (primary N) is 1. The van der Waals surface area contributed by atoms with Crippen molar-refractivity contribution in [2.75, 3.05) is 19.3 Å². The Morgan fingerprint density at radius 2 is 1.88 bits per heavy atom. The van der Waals surface area contributed by atoms with Crippen molar-refractivity contribution in [3.63, 3.8) is 0 Å². The van der Waals surface area contributed by atoms with Crippen LogP contribution in [0.1, 0.15) is 13.8 Å². The molecule has 0 spiro atoms. The molecule has 0 saturated carbocycles. The first kappa shape index (κ1) is 17.8. The zero-order chi connectivity index (χ0) is 18.7. The van der Waals surface area contributed by atoms with Gasteiger partial charge in [-0.2, -0.15) is 0 Å². The average molecular weight is 348 g/mol. The van der Waals surface area contributed by atoms with Gasteiger partial charge in [-0.3, -0.25) is 4.79 Å². The molecule has 0 heterocycles. The number of rotatable bonds is 5. The number of hydrogen-bond acceptors (Lipinski definition) is 3. The predicted molar refractivity (Wildman–Crippen MR) is 107 cm³/mol. The number of benzene rings is 3. The molecule has 4 heteroatoms. The number of carbonyl (C=O) groups excluding carboxylic acids is 1. The third-order valence-corrected chi connectivity index (χ3v) is 4.54. The van der Waals surface area contributed by atoms with E-state index in [1.54, 1.807) is 18.9 Å². The number of anilines is 1. The fraction of sp³-hybridized carbons (Fsp3) is 0.227. The quantitative estimate of drug-likeness (QED) is 0.698. The van der Waals surface area contributed by atoms with Gasteiger partial charge >= 0.3 is 0 Å². The number of carbonyl (C=O) groups is 1. The molecule has 1 amide bonds. The molecule has 26 heavy (non-hydrogen) atoms. The molecule has 0 aliphatic carbocycles. The molecular weight excluding hydrogens is 324 g/mol. The van der Waals surface area contributed by atoms with Gasteiger partial charge in [-0.25, -0.2) is 0 Å². The van der Waals surface area contributed by atoms with Gasteiger partial charge in [-0.15, -0.1) is 0 Å². The van der Waals surface area contributed by atoms with Crippen LogP contribution < -0.4 is 10.5 Å². The summed E-state index contributed by atoms with van der Waals surface area (Å²) >= 11 is 0. The Kier molecular flexibility index (Phi) is 5.12. The van der Waals surface area contributed by atoms with E-state index in [2.05, 4.69) is 6.07 Å². The summed E-state index contributed by atoms with van der Waals surface area (Å²) in [6, 6.07) is 19.9. The number of nitrogens with zero attached hydrogens (tertiary/aromatic N) is 1. The standard InChI is InChI=1S/C22H24N2O2/c1-4-24(3)22(25)15(2)26-19-13-17-8-5-6-11-20(17)21(14-19)16-9-7-10-18(23)12-16/h5-15H,4,23H2,1-3H3. The minimum absolute atomic E-state index is 0.0360. The zero-order valence-corrected chi connectivity index (χ0v) is 15.4. The Hall–Kier alpha value is -3.01. The van der Waals surface area contributed by atoms with Gasteiger partial charge in [0.15, 0.2) is 6.10 Å². The second-order valence-electron chi connectivity index (χ2n) is 6.43. The van der Waals surface area contributed by atoms with Crippen LogP contribution in [-0.4, -0.2) is 30.5 Å². The Bertz CT molecular complexity index is 936. The molecule has 3 rings (SSSR count). The van der Waals surface area contributed by atoms with Gasteiger partial charge < -0.3 is 15.4 Å². The molecule has 3 aromatic carbocycles. The molecule has 0 aliphatic rings. The van der Waals surface area contributed by atoms with Crippen LogP contribution in [0.4, 0.5) is 5.69 Å². The number of ether oxygens (including phenoxy) is 1. The topological polar surface area (TPSA) is 55.6 Å². The minimum Gasteiger partial charge on any atom is -0.481 e. The molecule has 2 N–H and O–H groups in total. The molecule has 3 aromatic rings. The van der Waals surface area contributed by atoms with Crippen molar-refractivity contribution >= 4 is 22.4 Å². The third kappa shape index (κ3) is 3.64. The predicted octanol–water partition coefficient (Wildman–Crippen LogP) is 4.33. The first-order valence-corrected chi connectivity index (χ1v) is 8.80. The summed E-state index contributed by atoms with van der Waals surface area (Å²) in [6.07, 6.45) is -0.546. The highest BCUT2D eigenvalue weighted by Gasteiger charge is 2.19. The maximum Gasteiger partial charge on any atom is 0.263 e. The van der Waals surface area contributed by atoms with E-state index in [0.29, 0.717) is 18.0 Å². The third-order valence-electron chi connectivity index (χ3n) is 4.54. The normalized spacial score (nSPS) is 12.0. The summed E-state index contributed by atoms with van der Waals surface area (Å²) in [5.41, 5.74) is 8.74. The van der Waals surface area contributed by atoms with E-state index in [1.807, 2.05) is 61.5 Å². The minimum atomic E-state index is -0.546. The molecule has 0 fully saturated rings. The highest BCUT2D eigenvalue weighted by molar-refractivity contribution is 5.98. The lowest BCUT2D eigenvalue weighted by Gasteiger charge is -2.21. The van der Waals surface area contributed by atoms with Crippen LogP contribution in [0, 0.1) is 0 Å². The van der Waals surface area contributed by atoms with Crippen LogP contribution in [0.5, 0.6) is 5.75 Å². The lowest BCUT2D eigenvalue weighted by atomic mass is 9.97. The fourth-order valence-electron chi connectivity index (χ4n) is 3.02. The fourth-order valence-corrected chi connectivity index (χ4v) is 3.02. The second kappa shape index (κ2) is 7.48. The van der Waals surface area contributed by atoms with Gasteiger partial charge in [0, 0.05) is 19.3 Å². The van der Waals surface area contributed by atoms with E-state index in [0.717, 1.165) is 21.9 Å². The van der Waals surface area contributed by atoms with Gasteiger partial charge in [0.05, 0.1) is 0 Å². The highest BCUT2D eigenvalue weighted by atomic mass is 16.5. The van der Waals surface area contributed by atoms with Gasteiger partial charge in [0.1, 0.15) is 5.75 Å². The smallest absolute Gasteiger partial charge is 0.263 e. The summed E-state index contributed by atoms with van der Waals surface area (Å²) in [7, 11) is 1.78. The van der Waals surface area contributed by atoms with Crippen molar-refractivity contribution in [1.82, 2.24) is 4.90 Å². The molecule has 0 bridgehead atoms. The Morgan fingerprint density at radius 3 is 2.62 bits per heavy atom. The Balaban J connectivity index is 2.04. The largest absolute Gasteiger partial charge is 0.481 e. The van der Waals surface area contributed by atoms with E-state index < -0.39 is 6.10 Å². The number of likely N-dealkylation sites (N-methyl/N-ethyl adjacent to an activating group) is 1. The zero-order valence-electron chi connectivity index (χ0n) is 15.4. The van der Waals surface area contributed by atoms with E-state index in [-0.39, 0.29) is 5.91 Å². The summed E-state index contributed by atoms with van der Waals surface area (Å²) in [6.45, 7) is 4.38. The Morgan fingerprint density at radius 1 is 1.12 bits per heavy atom. The first-order valence-electron chi connectivity index (χ1n) is 8.80. The van der Waals surface area contributed by atoms with E-state index in [9.17, 15) is 4.79 Å². The summed E-state index contributed by atoms with van der Waals surface area (Å²) in [4.78, 5) is 14.0. The van der Waals surface area contributed by atoms with Crippen LogP contribution in [0.3, 0.4) is 0 Å². The summed E-state index contributed by atoms with van der Waals surface area (Å²) < 4.78 is 5.98. The van der Waals surface area contributed by atoms with Gasteiger partial charge in [0.25, 0.3) is 5.91 Å². The van der Waals surface area contributed by atoms with Crippen LogP contribution in [0.15, 0.2) is 60.7 Å². The molecule has 0 radical (unpaired) electrons. The van der Waals surface area contributed by atoms with Gasteiger partial charge in [-0.05, 0) is 60.0 Å². The lowest BCUT2D eigenvalue weighted by Crippen LogP contribution is -2.37. The molecule has 0 aromatic heterocycles. The Labute approximate surface area is 154 Å². The maximum atomic E-state index is 12.3. The molecular formula is C22H24N2O2. The SMILES string of the molecule is CCN(C)C(=O)C(C)Oc1cc(-c2cccc(N)c2)c2ccccc2c1. The van der Waals surface area contributed by atoms with Crippen molar-refractivity contribution in [3.05, 3.63) is 60.7 Å². The molecule has 0 saturated heterocycles. The monoisotopic (exact) mass is 348 g/mol. The van der Waals surface area contributed by atoms with Crippen molar-refractivity contribution in [3.8, 4) is 16.9 Å². The van der Waals surface area contributed by atoms with Crippen molar-refractivity contribution in [2.24, 2.45) is 0 Å². The molecule has 4 nitrogen and oxygen atoms in total. The van der Waals surface area contributed by atoms with Gasteiger partial charge in [-0.1, -0.05) is 36.4 Å². The van der Waals surface area contributed by atoms with Gasteiger partial charge in [0.2, 0.25) is 0 Å². The second-order valence-corrected chi connectivity index (χ2v) is 6.43. The number of fused-ring (bicyclic) bond motifs is 1. The molecule has 134 valence electrons. The first-order chi connectivity index (χ1) is 12.5. The van der Waals surface area contributed by atoms with Crippen molar-refractivity contribution < 1.29 is 9.53 Å². The lowest BCUT2D eigenvalue weighted by molar-refractivity contribution is -0.136. The molecule has 1 atom stereocenters. The van der Waals surface area contributed by atoms with E-state index in [1.165, 1.54) is 0 Å². The number of amides is 1. The van der Waals surface area contributed by atoms with E-state index in [4.69, 9.17) is 10.5 Å². The van der Waals surface area contributed by atoms with Crippen LogP contribution in [-0.2, 0) is 4.79 Å². The molecule has 1 unspecified atom stereocenters.